The molecule has 2 fully saturated rings. The number of hydrogen-bond acceptors (Lipinski definition) is 3. The van der Waals surface area contributed by atoms with E-state index in [1.54, 1.807) is 0 Å². The number of carbonyl (C=O) groups is 1. The minimum Gasteiger partial charge on any atom is -0.439 e. The van der Waals surface area contributed by atoms with Crippen LogP contribution in [0.4, 0.5) is 4.79 Å². The summed E-state index contributed by atoms with van der Waals surface area (Å²) in [4.78, 5) is 13.5. The van der Waals surface area contributed by atoms with Crippen LogP contribution in [0.2, 0.25) is 0 Å². The Morgan fingerprint density at radius 3 is 2.64 bits per heavy atom. The Labute approximate surface area is 84.6 Å². The summed E-state index contributed by atoms with van der Waals surface area (Å²) in [5, 5.41) is 3.24. The molecule has 0 saturated carbocycles. The van der Waals surface area contributed by atoms with E-state index in [2.05, 4.69) is 5.32 Å². The van der Waals surface area contributed by atoms with E-state index in [4.69, 9.17) is 4.74 Å². The van der Waals surface area contributed by atoms with Crippen LogP contribution < -0.4 is 5.32 Å². The van der Waals surface area contributed by atoms with Gasteiger partial charge in [0.2, 0.25) is 0 Å². The minimum absolute atomic E-state index is 0.136. The van der Waals surface area contributed by atoms with Gasteiger partial charge in [0.1, 0.15) is 5.60 Å². The van der Waals surface area contributed by atoms with E-state index < -0.39 is 0 Å². The maximum atomic E-state index is 11.7. The summed E-state index contributed by atoms with van der Waals surface area (Å²) in [5.41, 5.74) is -0.381. The Morgan fingerprint density at radius 2 is 2.21 bits per heavy atom. The molecule has 0 bridgehead atoms. The van der Waals surface area contributed by atoms with E-state index in [9.17, 15) is 4.79 Å². The highest BCUT2D eigenvalue weighted by molar-refractivity contribution is 5.71. The van der Waals surface area contributed by atoms with Crippen LogP contribution in [0.1, 0.15) is 27.2 Å². The molecule has 0 radical (unpaired) electrons. The van der Waals surface area contributed by atoms with Gasteiger partial charge in [-0.15, -0.1) is 0 Å². The maximum absolute atomic E-state index is 11.7. The molecule has 4 nitrogen and oxygen atoms in total. The second-order valence-corrected chi connectivity index (χ2v) is 5.23. The van der Waals surface area contributed by atoms with Crippen LogP contribution in [0.5, 0.6) is 0 Å². The van der Waals surface area contributed by atoms with Crippen molar-refractivity contribution < 1.29 is 9.53 Å². The summed E-state index contributed by atoms with van der Waals surface area (Å²) in [7, 11) is 0. The topological polar surface area (TPSA) is 41.6 Å². The van der Waals surface area contributed by atoms with Gasteiger partial charge in [-0.25, -0.2) is 4.79 Å². The average molecular weight is 198 g/mol. The Hall–Kier alpha value is -0.770. The van der Waals surface area contributed by atoms with Gasteiger partial charge < -0.3 is 10.1 Å². The van der Waals surface area contributed by atoms with Gasteiger partial charge >= 0.3 is 6.09 Å². The summed E-state index contributed by atoms with van der Waals surface area (Å²) in [5.74, 6) is 0. The Morgan fingerprint density at radius 1 is 1.50 bits per heavy atom. The molecule has 4 heteroatoms. The fourth-order valence-corrected chi connectivity index (χ4v) is 2.08. The van der Waals surface area contributed by atoms with Gasteiger partial charge in [0.15, 0.2) is 0 Å². The van der Waals surface area contributed by atoms with Gasteiger partial charge in [-0.2, -0.15) is 0 Å². The molecule has 80 valence electrons. The molecular weight excluding hydrogens is 180 g/mol. The van der Waals surface area contributed by atoms with Crippen molar-refractivity contribution in [3.8, 4) is 0 Å². The van der Waals surface area contributed by atoms with Gasteiger partial charge in [0, 0.05) is 18.5 Å². The molecule has 1 atom stereocenters. The van der Waals surface area contributed by atoms with Gasteiger partial charge in [-0.05, 0) is 27.3 Å². The summed E-state index contributed by atoms with van der Waals surface area (Å²) < 4.78 is 5.47. The third-order valence-electron chi connectivity index (χ3n) is 2.98. The highest BCUT2D eigenvalue weighted by Crippen LogP contribution is 2.32. The number of carbonyl (C=O) groups excluding carboxylic acids is 1. The van der Waals surface area contributed by atoms with Crippen molar-refractivity contribution >= 4 is 6.09 Å². The van der Waals surface area contributed by atoms with Crippen LogP contribution >= 0.6 is 0 Å². The van der Waals surface area contributed by atoms with E-state index in [1.165, 1.54) is 0 Å². The molecule has 0 aromatic heterocycles. The van der Waals surface area contributed by atoms with Crippen LogP contribution in [0, 0.1) is 0 Å². The second-order valence-electron chi connectivity index (χ2n) is 5.23. The van der Waals surface area contributed by atoms with Crippen LogP contribution in [-0.2, 0) is 4.74 Å². The van der Waals surface area contributed by atoms with Gasteiger partial charge in [0.05, 0.1) is 6.54 Å². The number of nitrogens with one attached hydrogen (secondary N) is 1. The lowest BCUT2D eigenvalue weighted by molar-refractivity contribution is 0.0722. The van der Waals surface area contributed by atoms with Crippen molar-refractivity contribution in [1.82, 2.24) is 10.2 Å². The normalized spacial score (nSPS) is 32.8. The van der Waals surface area contributed by atoms with Crippen molar-refractivity contribution in [2.24, 2.45) is 0 Å². The number of rotatable bonds is 0. The predicted molar refractivity (Wildman–Crippen MR) is 53.2 cm³/mol. The van der Waals surface area contributed by atoms with Crippen molar-refractivity contribution in [2.45, 2.75) is 38.3 Å². The van der Waals surface area contributed by atoms with Crippen LogP contribution in [-0.4, -0.2) is 41.8 Å². The number of nitrogens with zero attached hydrogens (tertiary/aromatic N) is 1. The first-order chi connectivity index (χ1) is 6.43. The highest BCUT2D eigenvalue weighted by Gasteiger charge is 2.49. The van der Waals surface area contributed by atoms with Crippen molar-refractivity contribution in [2.75, 3.05) is 19.6 Å². The van der Waals surface area contributed by atoms with E-state index in [0.717, 1.165) is 26.1 Å². The highest BCUT2D eigenvalue weighted by atomic mass is 16.6. The fourth-order valence-electron chi connectivity index (χ4n) is 2.08. The standard InChI is InChI=1S/C10H18N2O2/c1-9(2,3)12-7-10(14-8(12)13)4-5-11-6-10/h11H,4-7H2,1-3H3. The molecule has 2 aliphatic heterocycles. The Balaban J connectivity index is 2.14. The lowest BCUT2D eigenvalue weighted by Gasteiger charge is -2.30. The summed E-state index contributed by atoms with van der Waals surface area (Å²) in [6, 6.07) is 0. The second kappa shape index (κ2) is 2.86. The number of ether oxygens (including phenoxy) is 1. The summed E-state index contributed by atoms with van der Waals surface area (Å²) in [6.07, 6.45) is 0.770. The Kier molecular flexibility index (Phi) is 2.00. The maximum Gasteiger partial charge on any atom is 0.411 e. The molecule has 0 aromatic rings. The zero-order valence-corrected chi connectivity index (χ0v) is 9.09. The molecule has 0 aliphatic carbocycles. The summed E-state index contributed by atoms with van der Waals surface area (Å²) in [6.45, 7) is 8.58. The first kappa shape index (κ1) is 9.77. The van der Waals surface area contributed by atoms with Crippen LogP contribution in [0.3, 0.4) is 0 Å². The van der Waals surface area contributed by atoms with Gasteiger partial charge in [-0.3, -0.25) is 4.90 Å². The van der Waals surface area contributed by atoms with E-state index in [1.807, 2.05) is 25.7 Å². The predicted octanol–water partition coefficient (Wildman–Crippen LogP) is 0.969. The van der Waals surface area contributed by atoms with Gasteiger partial charge in [0.25, 0.3) is 0 Å². The van der Waals surface area contributed by atoms with Crippen molar-refractivity contribution in [3.63, 3.8) is 0 Å². The minimum atomic E-state index is -0.246. The quantitative estimate of drug-likeness (QED) is 0.630. The number of hydrogen-bond donors (Lipinski definition) is 1. The molecule has 1 unspecified atom stereocenters. The van der Waals surface area contributed by atoms with Crippen molar-refractivity contribution in [3.05, 3.63) is 0 Å². The fraction of sp³-hybridized carbons (Fsp3) is 0.900. The van der Waals surface area contributed by atoms with Crippen molar-refractivity contribution in [1.29, 1.82) is 0 Å². The first-order valence-electron chi connectivity index (χ1n) is 5.14. The lowest BCUT2D eigenvalue weighted by atomic mass is 10.0. The van der Waals surface area contributed by atoms with Crippen LogP contribution in [0.25, 0.3) is 0 Å². The lowest BCUT2D eigenvalue weighted by Crippen LogP contribution is -2.44. The molecule has 0 aromatic carbocycles. The zero-order chi connectivity index (χ0) is 10.4. The average Bonchev–Trinajstić information content (AvgIpc) is 2.59. The van der Waals surface area contributed by atoms with E-state index in [0.29, 0.717) is 0 Å². The summed E-state index contributed by atoms with van der Waals surface area (Å²) >= 11 is 0. The molecule has 1 spiro atoms. The van der Waals surface area contributed by atoms with E-state index >= 15 is 0 Å². The van der Waals surface area contributed by atoms with Crippen LogP contribution in [0.15, 0.2) is 0 Å². The molecule has 2 heterocycles. The third kappa shape index (κ3) is 1.47. The molecular formula is C10H18N2O2. The smallest absolute Gasteiger partial charge is 0.411 e. The zero-order valence-electron chi connectivity index (χ0n) is 9.09. The van der Waals surface area contributed by atoms with Gasteiger partial charge in [-0.1, -0.05) is 0 Å². The molecule has 2 aliphatic rings. The molecule has 1 N–H and O–H groups in total. The first-order valence-corrected chi connectivity index (χ1v) is 5.14. The largest absolute Gasteiger partial charge is 0.439 e. The number of amides is 1. The Bertz CT molecular complexity index is 251. The van der Waals surface area contributed by atoms with E-state index in [-0.39, 0.29) is 17.2 Å². The SMILES string of the molecule is CC(C)(C)N1CC2(CCNC2)OC1=O. The molecule has 1 amide bonds. The molecule has 2 rings (SSSR count). The molecule has 14 heavy (non-hydrogen) atoms. The third-order valence-corrected chi connectivity index (χ3v) is 2.98. The molecule has 2 saturated heterocycles. The monoisotopic (exact) mass is 198 g/mol.